The number of aryl methyl sites for hydroxylation is 2. The van der Waals surface area contributed by atoms with Gasteiger partial charge >= 0.3 is 0 Å². The molecule has 1 aliphatic rings. The van der Waals surface area contributed by atoms with Gasteiger partial charge in [-0.05, 0) is 50.6 Å². The molecule has 0 saturated carbocycles. The van der Waals surface area contributed by atoms with Gasteiger partial charge in [-0.1, -0.05) is 5.16 Å². The van der Waals surface area contributed by atoms with E-state index < -0.39 is 0 Å². The minimum Gasteiger partial charge on any atom is -0.343 e. The third kappa shape index (κ3) is 4.80. The summed E-state index contributed by atoms with van der Waals surface area (Å²) in [6.07, 6.45) is 2.74. The second-order valence-corrected chi connectivity index (χ2v) is 6.42. The Kier molecular flexibility index (Phi) is 7.11. The number of rotatable bonds is 5. The topological polar surface area (TPSA) is 71.3 Å². The van der Waals surface area contributed by atoms with Crippen molar-refractivity contribution in [2.24, 2.45) is 0 Å². The Balaban J connectivity index is 0.00000243. The molecule has 6 nitrogen and oxygen atoms in total. The van der Waals surface area contributed by atoms with Gasteiger partial charge in [0.1, 0.15) is 5.82 Å². The molecular weight excluding hydrogens is 359 g/mol. The Morgan fingerprint density at radius 3 is 2.77 bits per heavy atom. The van der Waals surface area contributed by atoms with Gasteiger partial charge in [-0.25, -0.2) is 4.39 Å². The highest BCUT2D eigenvalue weighted by Gasteiger charge is 2.22. The van der Waals surface area contributed by atoms with E-state index in [0.717, 1.165) is 25.9 Å². The monoisotopic (exact) mass is 382 g/mol. The molecule has 0 bridgehead atoms. The van der Waals surface area contributed by atoms with Crippen molar-refractivity contribution in [1.82, 2.24) is 20.4 Å². The van der Waals surface area contributed by atoms with Crippen molar-refractivity contribution in [3.05, 3.63) is 35.5 Å². The lowest BCUT2D eigenvalue weighted by molar-refractivity contribution is -0.132. The molecule has 8 heteroatoms. The molecule has 0 aliphatic carbocycles. The molecule has 1 N–H and O–H groups in total. The number of likely N-dealkylation sites (tertiary alicyclic amines) is 1. The summed E-state index contributed by atoms with van der Waals surface area (Å²) in [5, 5.41) is 7.18. The molecule has 3 rings (SSSR count). The van der Waals surface area contributed by atoms with Crippen LogP contribution in [0.2, 0.25) is 0 Å². The summed E-state index contributed by atoms with van der Waals surface area (Å²) < 4.78 is 18.6. The van der Waals surface area contributed by atoms with Crippen LogP contribution in [0.25, 0.3) is 11.4 Å². The predicted molar refractivity (Wildman–Crippen MR) is 98.7 cm³/mol. The zero-order chi connectivity index (χ0) is 17.8. The summed E-state index contributed by atoms with van der Waals surface area (Å²) in [6.45, 7) is 3.26. The fourth-order valence-electron chi connectivity index (χ4n) is 3.05. The number of nitrogens with one attached hydrogen (secondary N) is 1. The van der Waals surface area contributed by atoms with Crippen LogP contribution >= 0.6 is 12.4 Å². The number of carbonyl (C=O) groups excluding carboxylic acids is 1. The molecule has 1 aromatic heterocycles. The van der Waals surface area contributed by atoms with Gasteiger partial charge in [-0.2, -0.15) is 4.98 Å². The second-order valence-electron chi connectivity index (χ2n) is 6.42. The van der Waals surface area contributed by atoms with Crippen molar-refractivity contribution in [3.8, 4) is 11.4 Å². The standard InChI is InChI=1S/C18H23FN4O2.ClH/c1-12-11-13(3-4-15(12)19)18-21-16(25-22-18)5-6-17(24)23-9-7-14(20-2)8-10-23;/h3-4,11,14,20H,5-10H2,1-2H3;1H. The third-order valence-electron chi connectivity index (χ3n) is 4.69. The van der Waals surface area contributed by atoms with E-state index in [1.807, 2.05) is 11.9 Å². The average molecular weight is 383 g/mol. The van der Waals surface area contributed by atoms with Gasteiger partial charge in [0, 0.05) is 37.5 Å². The van der Waals surface area contributed by atoms with Gasteiger partial charge in [0.15, 0.2) is 0 Å². The maximum Gasteiger partial charge on any atom is 0.227 e. The molecule has 1 aliphatic heterocycles. The summed E-state index contributed by atoms with van der Waals surface area (Å²) in [7, 11) is 1.96. The van der Waals surface area contributed by atoms with Crippen LogP contribution in [0.5, 0.6) is 0 Å². The number of aromatic nitrogens is 2. The lowest BCUT2D eigenvalue weighted by atomic mass is 10.0. The van der Waals surface area contributed by atoms with Crippen LogP contribution in [-0.4, -0.2) is 47.1 Å². The fraction of sp³-hybridized carbons (Fsp3) is 0.500. The van der Waals surface area contributed by atoms with E-state index in [9.17, 15) is 9.18 Å². The molecule has 1 aromatic carbocycles. The van der Waals surface area contributed by atoms with Crippen molar-refractivity contribution >= 4 is 18.3 Å². The SMILES string of the molecule is CNC1CCN(C(=O)CCc2nc(-c3ccc(F)c(C)c3)no2)CC1.Cl. The number of hydrogen-bond acceptors (Lipinski definition) is 5. The summed E-state index contributed by atoms with van der Waals surface area (Å²) in [5.74, 6) is 0.697. The van der Waals surface area contributed by atoms with Gasteiger partial charge in [-0.15, -0.1) is 12.4 Å². The maximum absolute atomic E-state index is 13.3. The number of halogens is 2. The van der Waals surface area contributed by atoms with Crippen molar-refractivity contribution in [1.29, 1.82) is 0 Å². The number of piperidine rings is 1. The van der Waals surface area contributed by atoms with Crippen molar-refractivity contribution in [3.63, 3.8) is 0 Å². The van der Waals surface area contributed by atoms with Gasteiger partial charge in [0.25, 0.3) is 0 Å². The van der Waals surface area contributed by atoms with Crippen molar-refractivity contribution in [2.45, 2.75) is 38.6 Å². The Morgan fingerprint density at radius 2 is 2.12 bits per heavy atom. The molecule has 0 atom stereocenters. The first-order valence-corrected chi connectivity index (χ1v) is 8.61. The van der Waals surface area contributed by atoms with E-state index >= 15 is 0 Å². The highest BCUT2D eigenvalue weighted by Crippen LogP contribution is 2.19. The van der Waals surface area contributed by atoms with Gasteiger partial charge in [0.05, 0.1) is 0 Å². The molecule has 1 amide bonds. The number of amides is 1. The van der Waals surface area contributed by atoms with Gasteiger partial charge < -0.3 is 14.7 Å². The molecule has 26 heavy (non-hydrogen) atoms. The minimum atomic E-state index is -0.264. The summed E-state index contributed by atoms with van der Waals surface area (Å²) in [6, 6.07) is 5.19. The van der Waals surface area contributed by atoms with Crippen LogP contribution in [0.3, 0.4) is 0 Å². The van der Waals surface area contributed by atoms with Crippen molar-refractivity contribution in [2.75, 3.05) is 20.1 Å². The highest BCUT2D eigenvalue weighted by molar-refractivity contribution is 5.85. The van der Waals surface area contributed by atoms with E-state index in [-0.39, 0.29) is 24.1 Å². The Hall–Kier alpha value is -1.99. The van der Waals surface area contributed by atoms with Crippen LogP contribution in [0.1, 0.15) is 30.7 Å². The molecule has 142 valence electrons. The summed E-state index contributed by atoms with van der Waals surface area (Å²) in [4.78, 5) is 18.5. The molecule has 1 saturated heterocycles. The van der Waals surface area contributed by atoms with Crippen molar-refractivity contribution < 1.29 is 13.7 Å². The smallest absolute Gasteiger partial charge is 0.227 e. The molecule has 0 radical (unpaired) electrons. The third-order valence-corrected chi connectivity index (χ3v) is 4.69. The summed E-state index contributed by atoms with van der Waals surface area (Å²) in [5.41, 5.74) is 1.23. The van der Waals surface area contributed by atoms with E-state index in [0.29, 0.717) is 41.7 Å². The van der Waals surface area contributed by atoms with E-state index in [4.69, 9.17) is 4.52 Å². The summed E-state index contributed by atoms with van der Waals surface area (Å²) >= 11 is 0. The predicted octanol–water partition coefficient (Wildman–Crippen LogP) is 2.75. The van der Waals surface area contributed by atoms with E-state index in [2.05, 4.69) is 15.5 Å². The first-order valence-electron chi connectivity index (χ1n) is 8.61. The average Bonchev–Trinajstić information content (AvgIpc) is 3.11. The van der Waals surface area contributed by atoms with Crippen LogP contribution in [0.4, 0.5) is 4.39 Å². The Bertz CT molecular complexity index is 745. The molecule has 1 fully saturated rings. The molecular formula is C18H24ClFN4O2. The molecule has 0 spiro atoms. The fourth-order valence-corrected chi connectivity index (χ4v) is 3.05. The van der Waals surface area contributed by atoms with Crippen LogP contribution in [-0.2, 0) is 11.2 Å². The van der Waals surface area contributed by atoms with E-state index in [1.165, 1.54) is 6.07 Å². The maximum atomic E-state index is 13.3. The Labute approximate surface area is 158 Å². The van der Waals surface area contributed by atoms with Crippen LogP contribution in [0.15, 0.2) is 22.7 Å². The highest BCUT2D eigenvalue weighted by atomic mass is 35.5. The number of benzene rings is 1. The van der Waals surface area contributed by atoms with Gasteiger partial charge in [0.2, 0.25) is 17.6 Å². The Morgan fingerprint density at radius 1 is 1.38 bits per heavy atom. The minimum absolute atomic E-state index is 0. The van der Waals surface area contributed by atoms with E-state index in [1.54, 1.807) is 19.1 Å². The van der Waals surface area contributed by atoms with Crippen LogP contribution in [0, 0.1) is 12.7 Å². The quantitative estimate of drug-likeness (QED) is 0.860. The number of hydrogen-bond donors (Lipinski definition) is 1. The largest absolute Gasteiger partial charge is 0.343 e. The molecule has 0 unspecified atom stereocenters. The molecule has 2 heterocycles. The molecule has 2 aromatic rings. The lowest BCUT2D eigenvalue weighted by Crippen LogP contribution is -2.44. The number of nitrogens with zero attached hydrogens (tertiary/aromatic N) is 3. The first kappa shape index (κ1) is 20.3. The second kappa shape index (κ2) is 9.09. The zero-order valence-electron chi connectivity index (χ0n) is 15.0. The zero-order valence-corrected chi connectivity index (χ0v) is 15.8. The first-order chi connectivity index (χ1) is 12.1. The van der Waals surface area contributed by atoms with Gasteiger partial charge in [-0.3, -0.25) is 4.79 Å². The van der Waals surface area contributed by atoms with Crippen LogP contribution < -0.4 is 5.32 Å². The lowest BCUT2D eigenvalue weighted by Gasteiger charge is -2.31. The normalized spacial score (nSPS) is 15.0. The number of carbonyl (C=O) groups is 1.